The Morgan fingerprint density at radius 3 is 2.33 bits per heavy atom. The number of nitrogens with one attached hydrogen (secondary N) is 2. The van der Waals surface area contributed by atoms with E-state index >= 15 is 0 Å². The lowest BCUT2D eigenvalue weighted by atomic mass is 9.89. The molecule has 2 amide bonds. The standard InChI is InChI=1S/C33H34N6O3/c1-38-22-26(8-18-32(38)40)25-6-11-28(12-7-25)39(33(41)36-20-23-3-15-30(42-2)16-4-23)29-13-9-27(10-14-29)37-31-17-5-24(19-34)21-35-31/h3-8,11-12,15-18,21-22,27,29H,9-10,13-14,20H2,1-2H3,(H,35,37)(H,36,41). The number of nitriles is 1. The number of aryl methyl sites for hydroxylation is 1. The van der Waals surface area contributed by atoms with E-state index in [1.54, 1.807) is 37.1 Å². The molecule has 1 saturated carbocycles. The minimum atomic E-state index is -0.147. The highest BCUT2D eigenvalue weighted by Crippen LogP contribution is 2.31. The van der Waals surface area contributed by atoms with Crippen LogP contribution in [0.15, 0.2) is 90.0 Å². The summed E-state index contributed by atoms with van der Waals surface area (Å²) < 4.78 is 6.80. The first kappa shape index (κ1) is 28.4. The summed E-state index contributed by atoms with van der Waals surface area (Å²) in [6, 6.07) is 24.7. The average molecular weight is 563 g/mol. The third kappa shape index (κ3) is 6.78. The minimum absolute atomic E-state index is 0.0243. The van der Waals surface area contributed by atoms with Gasteiger partial charge >= 0.3 is 6.03 Å². The second-order valence-electron chi connectivity index (χ2n) is 10.5. The van der Waals surface area contributed by atoms with Crippen molar-refractivity contribution in [2.75, 3.05) is 17.3 Å². The van der Waals surface area contributed by atoms with Gasteiger partial charge in [-0.1, -0.05) is 24.3 Å². The normalized spacial score (nSPS) is 16.2. The second-order valence-corrected chi connectivity index (χ2v) is 10.5. The number of hydrogen-bond donors (Lipinski definition) is 2. The molecule has 0 saturated heterocycles. The molecular weight excluding hydrogens is 528 g/mol. The first-order valence-electron chi connectivity index (χ1n) is 14.0. The number of carbonyl (C=O) groups excluding carboxylic acids is 1. The molecule has 2 aromatic heterocycles. The molecule has 1 aliphatic rings. The Labute approximate surface area is 245 Å². The van der Waals surface area contributed by atoms with Crippen LogP contribution in [0.25, 0.3) is 11.1 Å². The molecule has 2 aromatic carbocycles. The summed E-state index contributed by atoms with van der Waals surface area (Å²) in [6.07, 6.45) is 6.80. The summed E-state index contributed by atoms with van der Waals surface area (Å²) in [7, 11) is 3.36. The van der Waals surface area contributed by atoms with Crippen molar-refractivity contribution < 1.29 is 9.53 Å². The van der Waals surface area contributed by atoms with Gasteiger partial charge in [0.15, 0.2) is 0 Å². The zero-order valence-electron chi connectivity index (χ0n) is 23.8. The molecule has 0 unspecified atom stereocenters. The number of amides is 2. The van der Waals surface area contributed by atoms with Gasteiger partial charge in [-0.2, -0.15) is 5.26 Å². The number of hydrogen-bond acceptors (Lipinski definition) is 6. The predicted octanol–water partition coefficient (Wildman–Crippen LogP) is 5.47. The summed E-state index contributed by atoms with van der Waals surface area (Å²) in [4.78, 5) is 31.8. The second kappa shape index (κ2) is 13.0. The van der Waals surface area contributed by atoms with Crippen molar-refractivity contribution in [3.63, 3.8) is 0 Å². The smallest absolute Gasteiger partial charge is 0.322 e. The molecule has 0 spiro atoms. The van der Waals surface area contributed by atoms with E-state index in [0.717, 1.165) is 59.6 Å². The number of ether oxygens (including phenoxy) is 1. The first-order valence-corrected chi connectivity index (χ1v) is 14.0. The Balaban J connectivity index is 1.31. The van der Waals surface area contributed by atoms with Crippen molar-refractivity contribution in [3.05, 3.63) is 107 Å². The van der Waals surface area contributed by atoms with Crippen molar-refractivity contribution >= 4 is 17.5 Å². The zero-order valence-corrected chi connectivity index (χ0v) is 23.8. The fourth-order valence-corrected chi connectivity index (χ4v) is 5.31. The molecule has 1 aliphatic carbocycles. The Bertz CT molecular complexity index is 1600. The van der Waals surface area contributed by atoms with E-state index in [4.69, 9.17) is 10.00 Å². The molecule has 2 N–H and O–H groups in total. The quantitative estimate of drug-likeness (QED) is 0.295. The van der Waals surface area contributed by atoms with Crippen molar-refractivity contribution in [2.45, 2.75) is 44.3 Å². The summed E-state index contributed by atoms with van der Waals surface area (Å²) in [6.45, 7) is 0.400. The lowest BCUT2D eigenvalue weighted by Gasteiger charge is -2.37. The fraction of sp³-hybridized carbons (Fsp3) is 0.273. The number of nitrogens with zero attached hydrogens (tertiary/aromatic N) is 4. The van der Waals surface area contributed by atoms with Crippen molar-refractivity contribution in [2.24, 2.45) is 7.05 Å². The minimum Gasteiger partial charge on any atom is -0.497 e. The van der Waals surface area contributed by atoms with Crippen molar-refractivity contribution in [3.8, 4) is 22.9 Å². The molecule has 0 aliphatic heterocycles. The topological polar surface area (TPSA) is 112 Å². The number of benzene rings is 2. The van der Waals surface area contributed by atoms with Gasteiger partial charge in [-0.15, -0.1) is 0 Å². The van der Waals surface area contributed by atoms with Gasteiger partial charge in [-0.3, -0.25) is 9.69 Å². The molecule has 4 aromatic rings. The largest absolute Gasteiger partial charge is 0.497 e. The fourth-order valence-electron chi connectivity index (χ4n) is 5.31. The number of rotatable bonds is 8. The lowest BCUT2D eigenvalue weighted by molar-refractivity contribution is 0.240. The Morgan fingerprint density at radius 1 is 1.00 bits per heavy atom. The summed E-state index contributed by atoms with van der Waals surface area (Å²) >= 11 is 0. The summed E-state index contributed by atoms with van der Waals surface area (Å²) in [5.74, 6) is 1.52. The van der Waals surface area contributed by atoms with Crippen LogP contribution in [0.1, 0.15) is 36.8 Å². The molecule has 5 rings (SSSR count). The molecule has 9 nitrogen and oxygen atoms in total. The van der Waals surface area contributed by atoms with Crippen LogP contribution in [0, 0.1) is 11.3 Å². The maximum atomic E-state index is 13.7. The van der Waals surface area contributed by atoms with Crippen LogP contribution in [0.4, 0.5) is 16.3 Å². The Kier molecular flexibility index (Phi) is 8.83. The van der Waals surface area contributed by atoms with Crippen LogP contribution in [-0.2, 0) is 13.6 Å². The maximum Gasteiger partial charge on any atom is 0.322 e. The van der Waals surface area contributed by atoms with Gasteiger partial charge in [0.05, 0.1) is 12.7 Å². The third-order valence-corrected chi connectivity index (χ3v) is 7.69. The monoisotopic (exact) mass is 562 g/mol. The highest BCUT2D eigenvalue weighted by molar-refractivity contribution is 5.93. The molecule has 0 bridgehead atoms. The van der Waals surface area contributed by atoms with E-state index in [1.165, 1.54) is 0 Å². The Hall–Kier alpha value is -5.10. The third-order valence-electron chi connectivity index (χ3n) is 7.69. The molecular formula is C33H34N6O3. The molecule has 214 valence electrons. The van der Waals surface area contributed by atoms with E-state index in [1.807, 2.05) is 71.8 Å². The van der Waals surface area contributed by atoms with Crippen LogP contribution in [-0.4, -0.2) is 34.8 Å². The van der Waals surface area contributed by atoms with Gasteiger partial charge < -0.3 is 19.9 Å². The highest BCUT2D eigenvalue weighted by Gasteiger charge is 2.30. The number of methoxy groups -OCH3 is 1. The van der Waals surface area contributed by atoms with Crippen LogP contribution in [0.5, 0.6) is 5.75 Å². The van der Waals surface area contributed by atoms with E-state index < -0.39 is 0 Å². The van der Waals surface area contributed by atoms with Crippen LogP contribution < -0.4 is 25.8 Å². The number of urea groups is 1. The molecule has 2 heterocycles. The number of anilines is 2. The van der Waals surface area contributed by atoms with Gasteiger partial charge in [-0.25, -0.2) is 9.78 Å². The van der Waals surface area contributed by atoms with Gasteiger partial charge in [0.2, 0.25) is 5.56 Å². The van der Waals surface area contributed by atoms with Crippen molar-refractivity contribution in [1.29, 1.82) is 5.26 Å². The Morgan fingerprint density at radius 2 is 1.71 bits per heavy atom. The van der Waals surface area contributed by atoms with Gasteiger partial charge in [-0.05, 0) is 84.8 Å². The number of pyridine rings is 2. The van der Waals surface area contributed by atoms with Gasteiger partial charge in [0.1, 0.15) is 17.6 Å². The van der Waals surface area contributed by atoms with E-state index in [9.17, 15) is 9.59 Å². The van der Waals surface area contributed by atoms with E-state index in [0.29, 0.717) is 12.1 Å². The molecule has 9 heteroatoms. The van der Waals surface area contributed by atoms with E-state index in [-0.39, 0.29) is 23.7 Å². The number of aromatic nitrogens is 2. The molecule has 0 radical (unpaired) electrons. The highest BCUT2D eigenvalue weighted by atomic mass is 16.5. The molecule has 1 fully saturated rings. The van der Waals surface area contributed by atoms with Crippen molar-refractivity contribution in [1.82, 2.24) is 14.9 Å². The van der Waals surface area contributed by atoms with Crippen LogP contribution >= 0.6 is 0 Å². The summed E-state index contributed by atoms with van der Waals surface area (Å²) in [5.41, 5.74) is 4.17. The summed E-state index contributed by atoms with van der Waals surface area (Å²) in [5, 5.41) is 15.6. The maximum absolute atomic E-state index is 13.7. The molecule has 42 heavy (non-hydrogen) atoms. The van der Waals surface area contributed by atoms with E-state index in [2.05, 4.69) is 21.7 Å². The number of carbonyl (C=O) groups is 1. The average Bonchev–Trinajstić information content (AvgIpc) is 3.03. The molecule has 0 atom stereocenters. The van der Waals surface area contributed by atoms with Gasteiger partial charge in [0.25, 0.3) is 0 Å². The first-order chi connectivity index (χ1) is 20.4. The SMILES string of the molecule is COc1ccc(CNC(=O)N(c2ccc(-c3ccc(=O)n(C)c3)cc2)C2CCC(Nc3ccc(C#N)cn3)CC2)cc1. The predicted molar refractivity (Wildman–Crippen MR) is 163 cm³/mol. The zero-order chi connectivity index (χ0) is 29.5. The van der Waals surface area contributed by atoms with Gasteiger partial charge in [0, 0.05) is 49.8 Å². The van der Waals surface area contributed by atoms with Crippen LogP contribution in [0.2, 0.25) is 0 Å². The lowest BCUT2D eigenvalue weighted by Crippen LogP contribution is -2.48. The van der Waals surface area contributed by atoms with Crippen LogP contribution in [0.3, 0.4) is 0 Å².